The number of amides is 2. The fourth-order valence-electron chi connectivity index (χ4n) is 3.49. The summed E-state index contributed by atoms with van der Waals surface area (Å²) in [5.74, 6) is -0.247. The van der Waals surface area contributed by atoms with Crippen LogP contribution < -0.4 is 4.90 Å². The van der Waals surface area contributed by atoms with Gasteiger partial charge < -0.3 is 19.6 Å². The minimum Gasteiger partial charge on any atom is -0.373 e. The molecule has 0 radical (unpaired) electrons. The van der Waals surface area contributed by atoms with Crippen LogP contribution in [0.25, 0.3) is 0 Å². The number of nitrogens with zero attached hydrogens (tertiary/aromatic N) is 5. The summed E-state index contributed by atoms with van der Waals surface area (Å²) in [5.41, 5.74) is 1.23. The lowest BCUT2D eigenvalue weighted by molar-refractivity contribution is -0.136. The Morgan fingerprint density at radius 3 is 2.25 bits per heavy atom. The molecule has 3 rings (SSSR count). The molecule has 0 aromatic heterocycles. The molecule has 1 aromatic rings. The molecular formula is C20H24ClN5O2. The number of hydrogen-bond acceptors (Lipinski definition) is 5. The van der Waals surface area contributed by atoms with Crippen LogP contribution in [0.5, 0.6) is 0 Å². The number of hydrogen-bond donors (Lipinski definition) is 0. The zero-order valence-corrected chi connectivity index (χ0v) is 16.7. The van der Waals surface area contributed by atoms with Gasteiger partial charge in [-0.2, -0.15) is 5.26 Å². The van der Waals surface area contributed by atoms with E-state index >= 15 is 0 Å². The maximum absolute atomic E-state index is 12.7. The minimum absolute atomic E-state index is 0.0146. The van der Waals surface area contributed by atoms with Gasteiger partial charge in [0.2, 0.25) is 5.91 Å². The Morgan fingerprint density at radius 1 is 1.04 bits per heavy atom. The highest BCUT2D eigenvalue weighted by Crippen LogP contribution is 2.21. The standard InChI is InChI=1S/C20H24ClN5O2/c1-16(27)24-9-11-26(12-10-24)20(28)17(14-22)15-23-5-7-25(8-6-23)19-4-2-3-18(21)13-19/h2-4,13,15H,5-12H2,1H3/b17-15-. The number of anilines is 1. The monoisotopic (exact) mass is 401 g/mol. The molecule has 7 nitrogen and oxygen atoms in total. The quantitative estimate of drug-likeness (QED) is 0.567. The molecule has 8 heteroatoms. The van der Waals surface area contributed by atoms with Crippen molar-refractivity contribution in [1.82, 2.24) is 14.7 Å². The van der Waals surface area contributed by atoms with Crippen LogP contribution in [0.3, 0.4) is 0 Å². The van der Waals surface area contributed by atoms with Gasteiger partial charge in [-0.25, -0.2) is 0 Å². The Morgan fingerprint density at radius 2 is 1.68 bits per heavy atom. The number of rotatable bonds is 3. The third kappa shape index (κ3) is 4.76. The van der Waals surface area contributed by atoms with Gasteiger partial charge in [0.15, 0.2) is 0 Å². The van der Waals surface area contributed by atoms with Gasteiger partial charge in [0, 0.05) is 76.2 Å². The number of halogens is 1. The first-order valence-electron chi connectivity index (χ1n) is 9.39. The third-order valence-electron chi connectivity index (χ3n) is 5.16. The lowest BCUT2D eigenvalue weighted by Crippen LogP contribution is -2.50. The molecule has 0 spiro atoms. The molecule has 2 aliphatic rings. The van der Waals surface area contributed by atoms with Crippen molar-refractivity contribution in [1.29, 1.82) is 5.26 Å². The SMILES string of the molecule is CC(=O)N1CCN(C(=O)/C(C#N)=C\N2CCN(c3cccc(Cl)c3)CC2)CC1. The van der Waals surface area contributed by atoms with E-state index in [9.17, 15) is 14.9 Å². The van der Waals surface area contributed by atoms with Crippen molar-refractivity contribution in [2.24, 2.45) is 0 Å². The molecule has 0 bridgehead atoms. The average Bonchev–Trinajstić information content (AvgIpc) is 2.72. The average molecular weight is 402 g/mol. The Kier molecular flexibility index (Phi) is 6.42. The van der Waals surface area contributed by atoms with E-state index in [1.54, 1.807) is 16.0 Å². The van der Waals surface area contributed by atoms with Crippen molar-refractivity contribution in [3.63, 3.8) is 0 Å². The Balaban J connectivity index is 1.57. The predicted octanol–water partition coefficient (Wildman–Crippen LogP) is 1.56. The molecule has 2 aliphatic heterocycles. The largest absolute Gasteiger partial charge is 0.373 e. The van der Waals surface area contributed by atoms with Crippen LogP contribution in [0.15, 0.2) is 36.0 Å². The normalized spacial score (nSPS) is 18.1. The first-order chi connectivity index (χ1) is 13.5. The molecule has 0 unspecified atom stereocenters. The summed E-state index contributed by atoms with van der Waals surface area (Å²) in [6, 6.07) is 9.80. The van der Waals surface area contributed by atoms with E-state index in [-0.39, 0.29) is 17.4 Å². The van der Waals surface area contributed by atoms with Crippen LogP contribution in [0.1, 0.15) is 6.92 Å². The summed E-state index contributed by atoms with van der Waals surface area (Å²) in [4.78, 5) is 31.7. The molecule has 148 valence electrons. The van der Waals surface area contributed by atoms with Gasteiger partial charge in [0.05, 0.1) is 0 Å². The fraction of sp³-hybridized carbons (Fsp3) is 0.450. The third-order valence-corrected chi connectivity index (χ3v) is 5.40. The summed E-state index contributed by atoms with van der Waals surface area (Å²) < 4.78 is 0. The van der Waals surface area contributed by atoms with Gasteiger partial charge in [-0.05, 0) is 18.2 Å². The van der Waals surface area contributed by atoms with E-state index < -0.39 is 0 Å². The van der Waals surface area contributed by atoms with Crippen molar-refractivity contribution in [3.8, 4) is 6.07 Å². The Hall–Kier alpha value is -2.72. The predicted molar refractivity (Wildman–Crippen MR) is 108 cm³/mol. The highest BCUT2D eigenvalue weighted by molar-refractivity contribution is 6.30. The van der Waals surface area contributed by atoms with Crippen molar-refractivity contribution >= 4 is 29.1 Å². The van der Waals surface area contributed by atoms with Crippen LogP contribution >= 0.6 is 11.6 Å². The highest BCUT2D eigenvalue weighted by Gasteiger charge is 2.25. The number of piperazine rings is 2. The fourth-order valence-corrected chi connectivity index (χ4v) is 3.68. The first-order valence-corrected chi connectivity index (χ1v) is 9.77. The molecule has 0 N–H and O–H groups in total. The van der Waals surface area contributed by atoms with E-state index in [1.165, 1.54) is 6.92 Å². The molecular weight excluding hydrogens is 378 g/mol. The second-order valence-corrected chi connectivity index (χ2v) is 7.39. The molecule has 2 heterocycles. The van der Waals surface area contributed by atoms with Gasteiger partial charge in [-0.15, -0.1) is 0 Å². The Bertz CT molecular complexity index is 803. The molecule has 2 saturated heterocycles. The molecule has 0 saturated carbocycles. The smallest absolute Gasteiger partial charge is 0.266 e. The van der Waals surface area contributed by atoms with E-state index in [4.69, 9.17) is 11.6 Å². The number of nitriles is 1. The van der Waals surface area contributed by atoms with Crippen LogP contribution in [0, 0.1) is 11.3 Å². The zero-order chi connectivity index (χ0) is 20.1. The van der Waals surface area contributed by atoms with Gasteiger partial charge in [0.25, 0.3) is 5.91 Å². The summed E-state index contributed by atoms with van der Waals surface area (Å²) in [6.07, 6.45) is 1.68. The maximum Gasteiger partial charge on any atom is 0.266 e. The topological polar surface area (TPSA) is 70.9 Å². The van der Waals surface area contributed by atoms with Crippen molar-refractivity contribution in [3.05, 3.63) is 41.1 Å². The molecule has 0 aliphatic carbocycles. The number of benzene rings is 1. The number of carbonyl (C=O) groups excluding carboxylic acids is 2. The van der Waals surface area contributed by atoms with Crippen molar-refractivity contribution in [2.75, 3.05) is 57.3 Å². The zero-order valence-electron chi connectivity index (χ0n) is 16.0. The maximum atomic E-state index is 12.7. The van der Waals surface area contributed by atoms with Gasteiger partial charge in [-0.1, -0.05) is 17.7 Å². The molecule has 0 atom stereocenters. The summed E-state index contributed by atoms with van der Waals surface area (Å²) in [7, 11) is 0. The lowest BCUT2D eigenvalue weighted by Gasteiger charge is -2.36. The highest BCUT2D eigenvalue weighted by atomic mass is 35.5. The Labute approximate surface area is 170 Å². The molecule has 2 amide bonds. The lowest BCUT2D eigenvalue weighted by atomic mass is 10.2. The van der Waals surface area contributed by atoms with Crippen LogP contribution in [-0.2, 0) is 9.59 Å². The van der Waals surface area contributed by atoms with Crippen molar-refractivity contribution in [2.45, 2.75) is 6.92 Å². The summed E-state index contributed by atoms with van der Waals surface area (Å²) in [5, 5.41) is 10.2. The van der Waals surface area contributed by atoms with E-state index in [0.717, 1.165) is 31.9 Å². The summed E-state index contributed by atoms with van der Waals surface area (Å²) in [6.45, 7) is 6.51. The van der Waals surface area contributed by atoms with Gasteiger partial charge in [0.1, 0.15) is 11.6 Å². The van der Waals surface area contributed by atoms with Crippen LogP contribution in [0.4, 0.5) is 5.69 Å². The molecule has 1 aromatic carbocycles. The van der Waals surface area contributed by atoms with Crippen LogP contribution in [0.2, 0.25) is 5.02 Å². The van der Waals surface area contributed by atoms with Gasteiger partial charge >= 0.3 is 0 Å². The second-order valence-electron chi connectivity index (χ2n) is 6.96. The van der Waals surface area contributed by atoms with Crippen LogP contribution in [-0.4, -0.2) is 78.9 Å². The first kappa shape index (κ1) is 20.0. The second kappa shape index (κ2) is 8.98. The van der Waals surface area contributed by atoms with Gasteiger partial charge in [-0.3, -0.25) is 9.59 Å². The molecule has 2 fully saturated rings. The number of carbonyl (C=O) groups is 2. The summed E-state index contributed by atoms with van der Waals surface area (Å²) >= 11 is 6.07. The van der Waals surface area contributed by atoms with E-state index in [0.29, 0.717) is 31.2 Å². The van der Waals surface area contributed by atoms with Crippen molar-refractivity contribution < 1.29 is 9.59 Å². The molecule has 28 heavy (non-hydrogen) atoms. The van der Waals surface area contributed by atoms with E-state index in [1.807, 2.05) is 35.2 Å². The van der Waals surface area contributed by atoms with E-state index in [2.05, 4.69) is 4.90 Å². The minimum atomic E-state index is -0.261.